The molecule has 0 amide bonds. The highest BCUT2D eigenvalue weighted by molar-refractivity contribution is 5.05. The first-order chi connectivity index (χ1) is 8.54. The van der Waals surface area contributed by atoms with E-state index in [9.17, 15) is 13.2 Å². The summed E-state index contributed by atoms with van der Waals surface area (Å²) in [5.41, 5.74) is -0.789. The summed E-state index contributed by atoms with van der Waals surface area (Å²) < 4.78 is 38.9. The molecule has 0 spiro atoms. The van der Waals surface area contributed by atoms with Crippen molar-refractivity contribution in [3.8, 4) is 0 Å². The van der Waals surface area contributed by atoms with Gasteiger partial charge in [-0.2, -0.15) is 18.3 Å². The average molecular weight is 259 g/mol. The SMILES string of the molecule is FC(F)(F)c1ccn(C2CCC2CNC2CC2)n1. The molecule has 18 heavy (non-hydrogen) atoms. The molecule has 2 atom stereocenters. The Labute approximate surface area is 103 Å². The highest BCUT2D eigenvalue weighted by atomic mass is 19.4. The summed E-state index contributed by atoms with van der Waals surface area (Å²) in [6.45, 7) is 0.899. The van der Waals surface area contributed by atoms with Crippen LogP contribution in [-0.2, 0) is 6.18 Å². The number of nitrogens with zero attached hydrogens (tertiary/aromatic N) is 2. The maximum atomic E-state index is 12.5. The number of rotatable bonds is 4. The van der Waals surface area contributed by atoms with Crippen LogP contribution in [0.1, 0.15) is 37.4 Å². The first kappa shape index (κ1) is 12.0. The summed E-state index contributed by atoms with van der Waals surface area (Å²) in [5.74, 6) is 0.423. The van der Waals surface area contributed by atoms with Gasteiger partial charge in [0.2, 0.25) is 0 Å². The lowest BCUT2D eigenvalue weighted by molar-refractivity contribution is -0.141. The van der Waals surface area contributed by atoms with E-state index in [0.29, 0.717) is 12.0 Å². The third-order valence-electron chi connectivity index (χ3n) is 3.86. The Morgan fingerprint density at radius 2 is 2.06 bits per heavy atom. The average Bonchev–Trinajstić information content (AvgIpc) is 2.93. The molecule has 1 aromatic rings. The van der Waals surface area contributed by atoms with Gasteiger partial charge in [-0.1, -0.05) is 0 Å². The Balaban J connectivity index is 1.61. The Morgan fingerprint density at radius 3 is 2.56 bits per heavy atom. The molecule has 2 aliphatic rings. The lowest BCUT2D eigenvalue weighted by atomic mass is 9.79. The Bertz CT molecular complexity index is 422. The fraction of sp³-hybridized carbons (Fsp3) is 0.750. The monoisotopic (exact) mass is 259 g/mol. The maximum absolute atomic E-state index is 12.5. The Morgan fingerprint density at radius 1 is 1.28 bits per heavy atom. The van der Waals surface area contributed by atoms with E-state index in [0.717, 1.165) is 25.5 Å². The topological polar surface area (TPSA) is 29.9 Å². The fourth-order valence-electron chi connectivity index (χ4n) is 2.42. The Hall–Kier alpha value is -1.04. The van der Waals surface area contributed by atoms with Gasteiger partial charge in [-0.25, -0.2) is 0 Å². The maximum Gasteiger partial charge on any atom is 0.435 e. The van der Waals surface area contributed by atoms with Crippen molar-refractivity contribution in [2.45, 2.75) is 43.9 Å². The summed E-state index contributed by atoms with van der Waals surface area (Å²) in [6, 6.07) is 1.84. The van der Waals surface area contributed by atoms with E-state index in [1.165, 1.54) is 23.7 Å². The smallest absolute Gasteiger partial charge is 0.314 e. The minimum absolute atomic E-state index is 0.132. The molecule has 2 fully saturated rings. The molecule has 0 aliphatic heterocycles. The van der Waals surface area contributed by atoms with Crippen molar-refractivity contribution >= 4 is 0 Å². The molecule has 0 radical (unpaired) electrons. The number of aromatic nitrogens is 2. The van der Waals surface area contributed by atoms with E-state index < -0.39 is 11.9 Å². The molecule has 2 saturated carbocycles. The summed E-state index contributed by atoms with van der Waals surface area (Å²) in [5, 5.41) is 7.09. The molecule has 1 aromatic heterocycles. The van der Waals surface area contributed by atoms with Gasteiger partial charge in [0.05, 0.1) is 6.04 Å². The van der Waals surface area contributed by atoms with E-state index in [2.05, 4.69) is 10.4 Å². The molecule has 0 saturated heterocycles. The van der Waals surface area contributed by atoms with Gasteiger partial charge in [0.1, 0.15) is 0 Å². The summed E-state index contributed by atoms with van der Waals surface area (Å²) in [6.07, 6.45) is 1.59. The van der Waals surface area contributed by atoms with Crippen LogP contribution in [0.25, 0.3) is 0 Å². The highest BCUT2D eigenvalue weighted by Gasteiger charge is 2.37. The first-order valence-electron chi connectivity index (χ1n) is 6.40. The molecule has 1 N–H and O–H groups in total. The van der Waals surface area contributed by atoms with Gasteiger partial charge in [0, 0.05) is 18.8 Å². The van der Waals surface area contributed by atoms with Gasteiger partial charge in [-0.3, -0.25) is 4.68 Å². The van der Waals surface area contributed by atoms with Crippen LogP contribution < -0.4 is 5.32 Å². The Kier molecular flexibility index (Phi) is 2.84. The predicted octanol–water partition coefficient (Wildman–Crippen LogP) is 2.61. The van der Waals surface area contributed by atoms with Crippen LogP contribution in [0, 0.1) is 5.92 Å². The zero-order valence-electron chi connectivity index (χ0n) is 9.95. The number of hydrogen-bond acceptors (Lipinski definition) is 2. The predicted molar refractivity (Wildman–Crippen MR) is 60.0 cm³/mol. The first-order valence-corrected chi connectivity index (χ1v) is 6.40. The van der Waals surface area contributed by atoms with E-state index in [4.69, 9.17) is 0 Å². The standard InChI is InChI=1S/C12H16F3N3/c13-12(14,15)11-5-6-18(17-11)10-4-1-8(10)7-16-9-2-3-9/h5-6,8-10,16H,1-4,7H2. The van der Waals surface area contributed by atoms with E-state index >= 15 is 0 Å². The van der Waals surface area contributed by atoms with Crippen molar-refractivity contribution in [1.82, 2.24) is 15.1 Å². The number of nitrogens with one attached hydrogen (secondary N) is 1. The van der Waals surface area contributed by atoms with Crippen molar-refractivity contribution in [2.75, 3.05) is 6.54 Å². The molecular weight excluding hydrogens is 243 g/mol. The van der Waals surface area contributed by atoms with Crippen LogP contribution in [0.2, 0.25) is 0 Å². The van der Waals surface area contributed by atoms with Gasteiger partial charge < -0.3 is 5.32 Å². The zero-order chi connectivity index (χ0) is 12.8. The van der Waals surface area contributed by atoms with E-state index in [-0.39, 0.29) is 6.04 Å². The minimum Gasteiger partial charge on any atom is -0.314 e. The van der Waals surface area contributed by atoms with Gasteiger partial charge in [-0.15, -0.1) is 0 Å². The number of halogens is 3. The lowest BCUT2D eigenvalue weighted by Gasteiger charge is -2.37. The van der Waals surface area contributed by atoms with Crippen molar-refractivity contribution in [1.29, 1.82) is 0 Å². The molecule has 3 rings (SSSR count). The van der Waals surface area contributed by atoms with Crippen LogP contribution in [-0.4, -0.2) is 22.4 Å². The van der Waals surface area contributed by atoms with Crippen LogP contribution in [0.4, 0.5) is 13.2 Å². The van der Waals surface area contributed by atoms with E-state index in [1.54, 1.807) is 0 Å². The molecule has 0 aromatic carbocycles. The molecule has 100 valence electrons. The van der Waals surface area contributed by atoms with Crippen LogP contribution >= 0.6 is 0 Å². The second-order valence-corrected chi connectivity index (χ2v) is 5.27. The molecule has 0 bridgehead atoms. The summed E-state index contributed by atoms with van der Waals surface area (Å²) in [4.78, 5) is 0. The molecule has 3 nitrogen and oxygen atoms in total. The summed E-state index contributed by atoms with van der Waals surface area (Å²) >= 11 is 0. The molecule has 1 heterocycles. The molecule has 2 unspecified atom stereocenters. The van der Waals surface area contributed by atoms with Crippen LogP contribution in [0.3, 0.4) is 0 Å². The van der Waals surface area contributed by atoms with Crippen LogP contribution in [0.5, 0.6) is 0 Å². The van der Waals surface area contributed by atoms with Crippen molar-refractivity contribution in [2.24, 2.45) is 5.92 Å². The lowest BCUT2D eigenvalue weighted by Crippen LogP contribution is -2.37. The number of hydrogen-bond donors (Lipinski definition) is 1. The van der Waals surface area contributed by atoms with Gasteiger partial charge in [0.15, 0.2) is 5.69 Å². The summed E-state index contributed by atoms with van der Waals surface area (Å²) in [7, 11) is 0. The molecule has 2 aliphatic carbocycles. The zero-order valence-corrected chi connectivity index (χ0v) is 9.95. The third kappa shape index (κ3) is 2.39. The van der Waals surface area contributed by atoms with Crippen molar-refractivity contribution in [3.63, 3.8) is 0 Å². The number of alkyl halides is 3. The fourth-order valence-corrected chi connectivity index (χ4v) is 2.42. The molecule has 6 heteroatoms. The van der Waals surface area contributed by atoms with Gasteiger partial charge in [-0.05, 0) is 37.7 Å². The van der Waals surface area contributed by atoms with Crippen molar-refractivity contribution < 1.29 is 13.2 Å². The highest BCUT2D eigenvalue weighted by Crippen LogP contribution is 2.39. The van der Waals surface area contributed by atoms with E-state index in [1.807, 2.05) is 0 Å². The third-order valence-corrected chi connectivity index (χ3v) is 3.86. The second-order valence-electron chi connectivity index (χ2n) is 5.27. The second kappa shape index (κ2) is 4.26. The van der Waals surface area contributed by atoms with Crippen molar-refractivity contribution in [3.05, 3.63) is 18.0 Å². The minimum atomic E-state index is -4.34. The van der Waals surface area contributed by atoms with Gasteiger partial charge in [0.25, 0.3) is 0 Å². The normalized spacial score (nSPS) is 28.2. The molecular formula is C12H16F3N3. The quantitative estimate of drug-likeness (QED) is 0.900. The van der Waals surface area contributed by atoms with Gasteiger partial charge >= 0.3 is 6.18 Å². The van der Waals surface area contributed by atoms with Crippen LogP contribution in [0.15, 0.2) is 12.3 Å². The largest absolute Gasteiger partial charge is 0.435 e.